The summed E-state index contributed by atoms with van der Waals surface area (Å²) in [5.74, 6) is -1.33. The van der Waals surface area contributed by atoms with Gasteiger partial charge in [-0.1, -0.05) is 0 Å². The molecule has 0 heterocycles. The quantitative estimate of drug-likeness (QED) is 0.460. The van der Waals surface area contributed by atoms with E-state index in [4.69, 9.17) is 10.8 Å². The maximum absolute atomic E-state index is 11.3. The Morgan fingerprint density at radius 3 is 2.28 bits per heavy atom. The van der Waals surface area contributed by atoms with E-state index in [9.17, 15) is 14.4 Å². The molecule has 18 heavy (non-hydrogen) atoms. The number of nitrogens with two attached hydrogens (primary N) is 1. The van der Waals surface area contributed by atoms with Gasteiger partial charge in [0.05, 0.1) is 5.41 Å². The van der Waals surface area contributed by atoms with Crippen LogP contribution in [0.15, 0.2) is 0 Å². The number of unbranched alkanes of at least 4 members (excludes halogenated alkanes) is 1. The lowest BCUT2D eigenvalue weighted by Gasteiger charge is -2.19. The van der Waals surface area contributed by atoms with E-state index in [-0.39, 0.29) is 12.5 Å². The summed E-state index contributed by atoms with van der Waals surface area (Å²) >= 11 is 0. The number of rotatable bonds is 8. The summed E-state index contributed by atoms with van der Waals surface area (Å²) in [6.07, 6.45) is 1.57. The van der Waals surface area contributed by atoms with Gasteiger partial charge in [0, 0.05) is 19.5 Å². The molecular weight excluding hydrogens is 238 g/mol. The van der Waals surface area contributed by atoms with Crippen molar-refractivity contribution in [3.63, 3.8) is 0 Å². The molecule has 0 radical (unpaired) electrons. The molecule has 0 aliphatic rings. The number of amides is 3. The summed E-state index contributed by atoms with van der Waals surface area (Å²) in [6, 6.07) is -0.414. The van der Waals surface area contributed by atoms with E-state index >= 15 is 0 Å². The molecule has 0 saturated heterocycles. The van der Waals surface area contributed by atoms with Gasteiger partial charge in [-0.3, -0.25) is 9.59 Å². The van der Waals surface area contributed by atoms with Crippen LogP contribution in [0, 0.1) is 5.41 Å². The number of carboxylic acids is 1. The molecule has 0 aliphatic carbocycles. The Hall–Kier alpha value is -1.79. The van der Waals surface area contributed by atoms with Crippen LogP contribution in [-0.2, 0) is 9.59 Å². The maximum atomic E-state index is 11.3. The van der Waals surface area contributed by atoms with Crippen LogP contribution in [0.25, 0.3) is 0 Å². The Kier molecular flexibility index (Phi) is 6.77. The monoisotopic (exact) mass is 259 g/mol. The van der Waals surface area contributed by atoms with Crippen molar-refractivity contribution >= 4 is 17.9 Å². The van der Waals surface area contributed by atoms with E-state index in [1.54, 1.807) is 0 Å². The molecule has 0 spiro atoms. The number of primary amides is 1. The third-order valence-electron chi connectivity index (χ3n) is 2.41. The fourth-order valence-electron chi connectivity index (χ4n) is 1.07. The minimum Gasteiger partial charge on any atom is -0.481 e. The highest BCUT2D eigenvalue weighted by molar-refractivity contribution is 5.77. The van der Waals surface area contributed by atoms with Crippen molar-refractivity contribution in [3.05, 3.63) is 0 Å². The lowest BCUT2D eigenvalue weighted by atomic mass is 9.94. The lowest BCUT2D eigenvalue weighted by Crippen LogP contribution is -2.43. The second-order valence-electron chi connectivity index (χ2n) is 4.72. The first-order chi connectivity index (χ1) is 8.25. The van der Waals surface area contributed by atoms with E-state index in [2.05, 4.69) is 10.6 Å². The second-order valence-corrected chi connectivity index (χ2v) is 4.72. The van der Waals surface area contributed by atoms with Gasteiger partial charge in [-0.25, -0.2) is 4.79 Å². The third-order valence-corrected chi connectivity index (χ3v) is 2.41. The van der Waals surface area contributed by atoms with Crippen LogP contribution >= 0.6 is 0 Å². The zero-order chi connectivity index (χ0) is 14.2. The molecule has 0 rings (SSSR count). The predicted molar refractivity (Wildman–Crippen MR) is 65.9 cm³/mol. The largest absolute Gasteiger partial charge is 0.481 e. The Labute approximate surface area is 106 Å². The maximum Gasteiger partial charge on any atom is 0.314 e. The fraction of sp³-hybridized carbons (Fsp3) is 0.727. The number of carbonyl (C=O) groups excluding carboxylic acids is 2. The van der Waals surface area contributed by atoms with Crippen molar-refractivity contribution in [3.8, 4) is 0 Å². The van der Waals surface area contributed by atoms with E-state index in [0.29, 0.717) is 25.8 Å². The molecule has 0 aromatic heterocycles. The third kappa shape index (κ3) is 7.48. The number of carbonyl (C=O) groups is 3. The van der Waals surface area contributed by atoms with Gasteiger partial charge in [-0.05, 0) is 26.7 Å². The van der Waals surface area contributed by atoms with Gasteiger partial charge in [0.1, 0.15) is 0 Å². The topological polar surface area (TPSA) is 122 Å². The molecule has 0 atom stereocenters. The van der Waals surface area contributed by atoms with Crippen LogP contribution in [0.3, 0.4) is 0 Å². The van der Waals surface area contributed by atoms with E-state index in [1.807, 2.05) is 0 Å². The first-order valence-corrected chi connectivity index (χ1v) is 5.79. The smallest absolute Gasteiger partial charge is 0.314 e. The second kappa shape index (κ2) is 7.52. The molecule has 0 aromatic rings. The average molecular weight is 259 g/mol. The lowest BCUT2D eigenvalue weighted by molar-refractivity contribution is -0.146. The predicted octanol–water partition coefficient (Wildman–Crippen LogP) is 0.0520. The summed E-state index contributed by atoms with van der Waals surface area (Å²) in [5.41, 5.74) is 3.97. The van der Waals surface area contributed by atoms with Crippen LogP contribution in [0.2, 0.25) is 0 Å². The SMILES string of the molecule is CC(C)(CNC(=O)NCCCCC(N)=O)C(=O)O. The van der Waals surface area contributed by atoms with E-state index in [0.717, 1.165) is 0 Å². The molecule has 0 bridgehead atoms. The van der Waals surface area contributed by atoms with Crippen LogP contribution in [-0.4, -0.2) is 36.1 Å². The van der Waals surface area contributed by atoms with Gasteiger partial charge >= 0.3 is 12.0 Å². The molecule has 0 fully saturated rings. The number of hydrogen-bond acceptors (Lipinski definition) is 3. The molecule has 0 aliphatic heterocycles. The Balaban J connectivity index is 3.67. The number of nitrogens with one attached hydrogen (secondary N) is 2. The van der Waals surface area contributed by atoms with Crippen LogP contribution < -0.4 is 16.4 Å². The Morgan fingerprint density at radius 1 is 1.17 bits per heavy atom. The normalized spacial score (nSPS) is 10.8. The number of urea groups is 1. The minimum atomic E-state index is -0.997. The van der Waals surface area contributed by atoms with Gasteiger partial charge in [0.15, 0.2) is 0 Å². The molecule has 0 unspecified atom stereocenters. The van der Waals surface area contributed by atoms with Gasteiger partial charge in [0.25, 0.3) is 0 Å². The van der Waals surface area contributed by atoms with Crippen LogP contribution in [0.1, 0.15) is 33.1 Å². The number of aliphatic carboxylic acids is 1. The summed E-state index contributed by atoms with van der Waals surface area (Å²) in [4.78, 5) is 32.5. The van der Waals surface area contributed by atoms with Crippen molar-refractivity contribution in [2.45, 2.75) is 33.1 Å². The van der Waals surface area contributed by atoms with Crippen molar-refractivity contribution in [1.82, 2.24) is 10.6 Å². The summed E-state index contributed by atoms with van der Waals surface area (Å²) < 4.78 is 0. The summed E-state index contributed by atoms with van der Waals surface area (Å²) in [5, 5.41) is 13.9. The zero-order valence-electron chi connectivity index (χ0n) is 10.8. The zero-order valence-corrected chi connectivity index (χ0v) is 10.8. The Morgan fingerprint density at radius 2 is 1.78 bits per heavy atom. The minimum absolute atomic E-state index is 0.0510. The summed E-state index contributed by atoms with van der Waals surface area (Å²) in [7, 11) is 0. The molecule has 0 aromatic carbocycles. The summed E-state index contributed by atoms with van der Waals surface area (Å²) in [6.45, 7) is 3.53. The van der Waals surface area contributed by atoms with Crippen LogP contribution in [0.5, 0.6) is 0 Å². The molecule has 7 nitrogen and oxygen atoms in total. The molecular formula is C11H21N3O4. The van der Waals surface area contributed by atoms with Gasteiger partial charge in [0.2, 0.25) is 5.91 Å². The molecule has 104 valence electrons. The highest BCUT2D eigenvalue weighted by Crippen LogP contribution is 2.12. The Bertz CT molecular complexity index is 315. The molecule has 0 saturated carbocycles. The highest BCUT2D eigenvalue weighted by Gasteiger charge is 2.27. The van der Waals surface area contributed by atoms with Crippen molar-refractivity contribution < 1.29 is 19.5 Å². The first kappa shape index (κ1) is 16.2. The number of carboxylic acid groups (broad SMARTS) is 1. The highest BCUT2D eigenvalue weighted by atomic mass is 16.4. The standard InChI is InChI=1S/C11H21N3O4/c1-11(2,9(16)17)7-14-10(18)13-6-4-3-5-8(12)15/h3-7H2,1-2H3,(H2,12,15)(H,16,17)(H2,13,14,18). The van der Waals surface area contributed by atoms with Crippen molar-refractivity contribution in [1.29, 1.82) is 0 Å². The van der Waals surface area contributed by atoms with Crippen LogP contribution in [0.4, 0.5) is 4.79 Å². The molecule has 5 N–H and O–H groups in total. The van der Waals surface area contributed by atoms with Gasteiger partial charge in [-0.15, -0.1) is 0 Å². The van der Waals surface area contributed by atoms with Crippen molar-refractivity contribution in [2.75, 3.05) is 13.1 Å². The van der Waals surface area contributed by atoms with E-state index in [1.165, 1.54) is 13.8 Å². The average Bonchev–Trinajstić information content (AvgIpc) is 2.25. The van der Waals surface area contributed by atoms with Gasteiger partial charge < -0.3 is 21.5 Å². The fourth-order valence-corrected chi connectivity index (χ4v) is 1.07. The number of hydrogen-bond donors (Lipinski definition) is 4. The molecule has 3 amide bonds. The van der Waals surface area contributed by atoms with Crippen molar-refractivity contribution in [2.24, 2.45) is 11.1 Å². The van der Waals surface area contributed by atoms with Gasteiger partial charge in [-0.2, -0.15) is 0 Å². The van der Waals surface area contributed by atoms with E-state index < -0.39 is 17.4 Å². The molecule has 7 heteroatoms. The first-order valence-electron chi connectivity index (χ1n) is 5.79.